The highest BCUT2D eigenvalue weighted by molar-refractivity contribution is 6.16. The van der Waals surface area contributed by atoms with Crippen LogP contribution < -0.4 is 0 Å². The lowest BCUT2D eigenvalue weighted by molar-refractivity contribution is 0.669. The molecule has 0 aliphatic carbocycles. The SMILES string of the molecule is c1ccc(-c2nc(-c3ccccc3)nc(-c3ccc4oc5ccc(-n6c7ccccc7c7cc(-n8c9ccc(-n%10c%11ccccc%11c%11ccccc%11%10)cc9c9cc(-n%10c%11ccccc%11c%11ccccc%11%10)ccc98)ccc76)cc5c4c3)n2)cc1. The number of hydrogen-bond donors (Lipinski definition) is 0. The predicted octanol–water partition coefficient (Wildman–Crippen LogP) is 19.2. The summed E-state index contributed by atoms with van der Waals surface area (Å²) in [5, 5.41) is 11.6. The van der Waals surface area contributed by atoms with Gasteiger partial charge in [-0.15, -0.1) is 0 Å². The summed E-state index contributed by atoms with van der Waals surface area (Å²) in [4.78, 5) is 15.1. The number of furan rings is 1. The summed E-state index contributed by atoms with van der Waals surface area (Å²) in [5.41, 5.74) is 17.9. The number of rotatable bonds is 7. The fourth-order valence-electron chi connectivity index (χ4n) is 13.3. The van der Waals surface area contributed by atoms with Gasteiger partial charge in [-0.3, -0.25) is 0 Å². The molecule has 0 spiro atoms. The maximum Gasteiger partial charge on any atom is 0.164 e. The van der Waals surface area contributed by atoms with Crippen LogP contribution >= 0.6 is 0 Å². The number of aromatic nitrogens is 7. The van der Waals surface area contributed by atoms with E-state index in [0.717, 1.165) is 88.8 Å². The summed E-state index contributed by atoms with van der Waals surface area (Å²) in [7, 11) is 0. The monoisotopic (exact) mass is 1060 g/mol. The Hall–Kier alpha value is -11.4. The van der Waals surface area contributed by atoms with Gasteiger partial charge in [0, 0.05) is 93.3 Å². The fraction of sp³-hybridized carbons (Fsp3) is 0. The molecule has 0 aliphatic rings. The molecule has 83 heavy (non-hydrogen) atoms. The normalized spacial score (nSPS) is 12.1. The molecule has 0 bridgehead atoms. The van der Waals surface area contributed by atoms with Gasteiger partial charge in [-0.1, -0.05) is 152 Å². The maximum absolute atomic E-state index is 6.57. The lowest BCUT2D eigenvalue weighted by atomic mass is 10.1. The standard InChI is InChI=1S/C75H45N7O/c1-3-17-46(18-4-1)73-76-74(47-19-5-2-6-20-47)78-75(77-73)48-31-39-71-61(41-48)62-45-52(35-40-72(62)83-71)81-67-30-16-11-25-57(67)58-42-49(32-36-68(58)81)82-69-37-33-50(79-63-26-12-7-21-53(63)54-22-8-13-27-64(54)79)43-59(69)60-44-51(34-38-70(60)82)80-65-28-14-9-23-55(65)56-24-10-15-29-66(56)80/h1-45H. The average Bonchev–Trinajstić information content (AvgIpc) is 2.52. The molecule has 18 rings (SSSR count). The van der Waals surface area contributed by atoms with Crippen LogP contribution in [-0.4, -0.2) is 33.2 Å². The van der Waals surface area contributed by atoms with E-state index < -0.39 is 0 Å². The van der Waals surface area contributed by atoms with Crippen LogP contribution in [0.2, 0.25) is 0 Å². The van der Waals surface area contributed by atoms with Crippen LogP contribution in [0.3, 0.4) is 0 Å². The Morgan fingerprint density at radius 2 is 0.482 bits per heavy atom. The van der Waals surface area contributed by atoms with Crippen LogP contribution in [0, 0.1) is 0 Å². The van der Waals surface area contributed by atoms with E-state index in [0.29, 0.717) is 17.5 Å². The molecule has 18 aromatic rings. The first-order valence-electron chi connectivity index (χ1n) is 28.1. The molecule has 12 aromatic carbocycles. The Balaban J connectivity index is 0.814. The van der Waals surface area contributed by atoms with E-state index in [4.69, 9.17) is 19.4 Å². The molecule has 8 nitrogen and oxygen atoms in total. The molecule has 8 heteroatoms. The van der Waals surface area contributed by atoms with E-state index in [1.807, 2.05) is 72.8 Å². The zero-order valence-electron chi connectivity index (χ0n) is 44.5. The number of benzene rings is 12. The number of nitrogens with zero attached hydrogens (tertiary/aromatic N) is 7. The minimum atomic E-state index is 0.596. The average molecular weight is 1060 g/mol. The second kappa shape index (κ2) is 17.6. The smallest absolute Gasteiger partial charge is 0.164 e. The van der Waals surface area contributed by atoms with Gasteiger partial charge in [0.2, 0.25) is 0 Å². The Bertz CT molecular complexity index is 5370. The van der Waals surface area contributed by atoms with E-state index in [2.05, 4.69) is 218 Å². The van der Waals surface area contributed by atoms with Crippen molar-refractivity contribution in [2.75, 3.05) is 0 Å². The van der Waals surface area contributed by atoms with Gasteiger partial charge in [-0.05, 0) is 121 Å². The second-order valence-electron chi connectivity index (χ2n) is 21.6. The van der Waals surface area contributed by atoms with Crippen molar-refractivity contribution in [3.63, 3.8) is 0 Å². The van der Waals surface area contributed by atoms with Gasteiger partial charge in [0.05, 0.1) is 44.1 Å². The highest BCUT2D eigenvalue weighted by Gasteiger charge is 2.22. The highest BCUT2D eigenvalue weighted by atomic mass is 16.3. The van der Waals surface area contributed by atoms with E-state index in [1.165, 1.54) is 59.8 Å². The third kappa shape index (κ3) is 6.84. The van der Waals surface area contributed by atoms with Crippen LogP contribution in [-0.2, 0) is 0 Å². The molecule has 0 saturated heterocycles. The number of para-hydroxylation sites is 5. The fourth-order valence-corrected chi connectivity index (χ4v) is 13.3. The molecule has 0 N–H and O–H groups in total. The summed E-state index contributed by atoms with van der Waals surface area (Å²) in [6.07, 6.45) is 0. The molecular weight excluding hydrogens is 1010 g/mol. The minimum Gasteiger partial charge on any atom is -0.456 e. The number of hydrogen-bond acceptors (Lipinski definition) is 4. The molecule has 0 fully saturated rings. The van der Waals surface area contributed by atoms with Gasteiger partial charge < -0.3 is 22.7 Å². The molecule has 0 amide bonds. The van der Waals surface area contributed by atoms with Crippen LogP contribution in [0.4, 0.5) is 0 Å². The minimum absolute atomic E-state index is 0.596. The van der Waals surface area contributed by atoms with Gasteiger partial charge in [0.25, 0.3) is 0 Å². The van der Waals surface area contributed by atoms with Gasteiger partial charge in [0.1, 0.15) is 11.2 Å². The molecule has 0 aliphatic heterocycles. The van der Waals surface area contributed by atoms with Crippen molar-refractivity contribution in [1.29, 1.82) is 0 Å². The van der Waals surface area contributed by atoms with Gasteiger partial charge in [-0.25, -0.2) is 15.0 Å². The van der Waals surface area contributed by atoms with Crippen LogP contribution in [0.5, 0.6) is 0 Å². The van der Waals surface area contributed by atoms with Crippen molar-refractivity contribution in [3.05, 3.63) is 273 Å². The summed E-state index contributed by atoms with van der Waals surface area (Å²) >= 11 is 0. The molecule has 6 aromatic heterocycles. The first-order valence-corrected chi connectivity index (χ1v) is 28.1. The van der Waals surface area contributed by atoms with Crippen molar-refractivity contribution in [2.24, 2.45) is 0 Å². The lowest BCUT2D eigenvalue weighted by Crippen LogP contribution is -2.00. The lowest BCUT2D eigenvalue weighted by Gasteiger charge is -2.12. The van der Waals surface area contributed by atoms with E-state index in [-0.39, 0.29) is 0 Å². The van der Waals surface area contributed by atoms with E-state index in [1.54, 1.807) is 0 Å². The summed E-state index contributed by atoms with van der Waals surface area (Å²) in [6.45, 7) is 0. The maximum atomic E-state index is 6.57. The molecule has 0 radical (unpaired) electrons. The molecule has 0 atom stereocenters. The first kappa shape index (κ1) is 45.5. The number of fused-ring (bicyclic) bond motifs is 15. The predicted molar refractivity (Wildman–Crippen MR) is 341 cm³/mol. The zero-order chi connectivity index (χ0) is 54.3. The van der Waals surface area contributed by atoms with Crippen molar-refractivity contribution in [1.82, 2.24) is 33.2 Å². The Morgan fingerprint density at radius 3 is 0.880 bits per heavy atom. The topological polar surface area (TPSA) is 71.5 Å². The molecule has 6 heterocycles. The van der Waals surface area contributed by atoms with Crippen molar-refractivity contribution >= 4 is 109 Å². The van der Waals surface area contributed by atoms with Crippen LogP contribution in [0.25, 0.3) is 166 Å². The quantitative estimate of drug-likeness (QED) is 0.159. The third-order valence-corrected chi connectivity index (χ3v) is 17.0. The zero-order valence-corrected chi connectivity index (χ0v) is 44.5. The van der Waals surface area contributed by atoms with Crippen LogP contribution in [0.15, 0.2) is 277 Å². The molecule has 0 saturated carbocycles. The first-order chi connectivity index (χ1) is 41.1. The summed E-state index contributed by atoms with van der Waals surface area (Å²) in [6, 6.07) is 97.7. The Kier molecular flexibility index (Phi) is 9.64. The Labute approximate surface area is 474 Å². The summed E-state index contributed by atoms with van der Waals surface area (Å²) < 4.78 is 16.3. The van der Waals surface area contributed by atoms with Gasteiger partial charge in [-0.2, -0.15) is 0 Å². The van der Waals surface area contributed by atoms with E-state index >= 15 is 0 Å². The third-order valence-electron chi connectivity index (χ3n) is 17.0. The van der Waals surface area contributed by atoms with E-state index in [9.17, 15) is 0 Å². The largest absolute Gasteiger partial charge is 0.456 e. The molecular formula is C75H45N7O. The summed E-state index contributed by atoms with van der Waals surface area (Å²) in [5.74, 6) is 1.84. The van der Waals surface area contributed by atoms with Gasteiger partial charge >= 0.3 is 0 Å². The molecule has 0 unspecified atom stereocenters. The highest BCUT2D eigenvalue weighted by Crippen LogP contribution is 2.43. The van der Waals surface area contributed by atoms with Crippen molar-refractivity contribution in [3.8, 4) is 56.9 Å². The Morgan fingerprint density at radius 1 is 0.205 bits per heavy atom. The molecule has 386 valence electrons. The van der Waals surface area contributed by atoms with Gasteiger partial charge in [0.15, 0.2) is 17.5 Å². The van der Waals surface area contributed by atoms with Crippen molar-refractivity contribution in [2.45, 2.75) is 0 Å². The second-order valence-corrected chi connectivity index (χ2v) is 21.6. The van der Waals surface area contributed by atoms with Crippen molar-refractivity contribution < 1.29 is 4.42 Å². The van der Waals surface area contributed by atoms with Crippen LogP contribution in [0.1, 0.15) is 0 Å².